The van der Waals surface area contributed by atoms with Gasteiger partial charge in [0.25, 0.3) is 0 Å². The molecule has 1 aliphatic carbocycles. The van der Waals surface area contributed by atoms with Crippen LogP contribution in [-0.2, 0) is 4.79 Å². The number of anilines is 2. The minimum absolute atomic E-state index is 0.0723. The van der Waals surface area contributed by atoms with Crippen LogP contribution in [0.4, 0.5) is 11.4 Å². The number of hydrogen-bond acceptors (Lipinski definition) is 3. The summed E-state index contributed by atoms with van der Waals surface area (Å²) in [4.78, 5) is 12.1. The molecule has 1 heterocycles. The fourth-order valence-corrected chi connectivity index (χ4v) is 2.32. The van der Waals surface area contributed by atoms with E-state index in [0.717, 1.165) is 19.3 Å². The summed E-state index contributed by atoms with van der Waals surface area (Å²) in [7, 11) is 0. The van der Waals surface area contributed by atoms with Crippen molar-refractivity contribution in [2.24, 2.45) is 5.41 Å². The normalized spacial score (nSPS) is 21.4. The number of carbonyl (C=O) groups excluding carboxylic acids is 1. The van der Waals surface area contributed by atoms with E-state index in [1.807, 2.05) is 12.1 Å². The molecule has 0 unspecified atom stereocenters. The molecule has 1 saturated carbocycles. The van der Waals surface area contributed by atoms with Crippen molar-refractivity contribution < 1.29 is 9.53 Å². The molecule has 84 valence electrons. The quantitative estimate of drug-likeness (QED) is 0.652. The van der Waals surface area contributed by atoms with Gasteiger partial charge in [0.1, 0.15) is 6.61 Å². The van der Waals surface area contributed by atoms with Gasteiger partial charge in [0.05, 0.1) is 16.8 Å². The minimum atomic E-state index is -0.314. The molecule has 0 radical (unpaired) electrons. The second-order valence-electron chi connectivity index (χ2n) is 4.60. The molecular formula is C12H14N2O2. The molecule has 1 amide bonds. The standard InChI is InChI=1S/C12H14N2O2/c13-8-3-1-4-9-10(8)16-7-12(5-2-6-12)11(15)14-9/h1,3-4H,2,5-7,13H2,(H,14,15). The number of fused-ring (bicyclic) bond motifs is 1. The van der Waals surface area contributed by atoms with Crippen LogP contribution < -0.4 is 15.8 Å². The molecule has 1 aliphatic heterocycles. The smallest absolute Gasteiger partial charge is 0.234 e. The second kappa shape index (κ2) is 3.14. The highest BCUT2D eigenvalue weighted by atomic mass is 16.5. The van der Waals surface area contributed by atoms with Crippen molar-refractivity contribution in [3.63, 3.8) is 0 Å². The summed E-state index contributed by atoms with van der Waals surface area (Å²) in [6.45, 7) is 0.444. The van der Waals surface area contributed by atoms with Crippen LogP contribution in [0.5, 0.6) is 5.75 Å². The van der Waals surface area contributed by atoms with Gasteiger partial charge in [0.2, 0.25) is 5.91 Å². The molecule has 3 rings (SSSR count). The average molecular weight is 218 g/mol. The molecule has 4 nitrogen and oxygen atoms in total. The highest BCUT2D eigenvalue weighted by molar-refractivity contribution is 5.98. The SMILES string of the molecule is Nc1cccc2c1OCC1(CCC1)C(=O)N2. The van der Waals surface area contributed by atoms with Gasteiger partial charge in [-0.3, -0.25) is 4.79 Å². The fourth-order valence-electron chi connectivity index (χ4n) is 2.32. The molecule has 4 heteroatoms. The zero-order chi connectivity index (χ0) is 11.2. The van der Waals surface area contributed by atoms with Gasteiger partial charge < -0.3 is 15.8 Å². The first-order chi connectivity index (χ1) is 7.71. The molecule has 3 N–H and O–H groups in total. The van der Waals surface area contributed by atoms with Crippen LogP contribution in [0.25, 0.3) is 0 Å². The lowest BCUT2D eigenvalue weighted by Crippen LogP contribution is -2.45. The maximum atomic E-state index is 12.1. The van der Waals surface area contributed by atoms with Gasteiger partial charge in [0.15, 0.2) is 5.75 Å². The lowest BCUT2D eigenvalue weighted by Gasteiger charge is -2.37. The Morgan fingerprint density at radius 3 is 2.88 bits per heavy atom. The van der Waals surface area contributed by atoms with E-state index < -0.39 is 0 Å². The summed E-state index contributed by atoms with van der Waals surface area (Å²) in [5.41, 5.74) is 6.78. The first-order valence-electron chi connectivity index (χ1n) is 5.54. The Hall–Kier alpha value is -1.71. The summed E-state index contributed by atoms with van der Waals surface area (Å²) in [6.07, 6.45) is 2.92. The lowest BCUT2D eigenvalue weighted by atomic mass is 9.69. The minimum Gasteiger partial charge on any atom is -0.488 e. The molecule has 1 aromatic rings. The van der Waals surface area contributed by atoms with E-state index in [4.69, 9.17) is 10.5 Å². The monoisotopic (exact) mass is 218 g/mol. The number of ether oxygens (including phenoxy) is 1. The van der Waals surface area contributed by atoms with Crippen LogP contribution in [0, 0.1) is 5.41 Å². The van der Waals surface area contributed by atoms with Crippen LogP contribution in [0.2, 0.25) is 0 Å². The number of rotatable bonds is 0. The van der Waals surface area contributed by atoms with Crippen molar-refractivity contribution in [2.75, 3.05) is 17.7 Å². The number of hydrogen-bond donors (Lipinski definition) is 2. The molecule has 0 atom stereocenters. The maximum Gasteiger partial charge on any atom is 0.234 e. The summed E-state index contributed by atoms with van der Waals surface area (Å²) in [6, 6.07) is 5.42. The molecule has 16 heavy (non-hydrogen) atoms. The predicted molar refractivity (Wildman–Crippen MR) is 61.3 cm³/mol. The Kier molecular flexibility index (Phi) is 1.87. The van der Waals surface area contributed by atoms with Crippen LogP contribution >= 0.6 is 0 Å². The molecule has 0 aromatic heterocycles. The van der Waals surface area contributed by atoms with Gasteiger partial charge in [-0.05, 0) is 25.0 Å². The van der Waals surface area contributed by atoms with Gasteiger partial charge >= 0.3 is 0 Å². The van der Waals surface area contributed by atoms with E-state index in [0.29, 0.717) is 23.7 Å². The zero-order valence-electron chi connectivity index (χ0n) is 8.95. The highest BCUT2D eigenvalue weighted by Gasteiger charge is 2.46. The third-order valence-electron chi connectivity index (χ3n) is 3.58. The molecule has 0 bridgehead atoms. The molecule has 1 aromatic carbocycles. The summed E-state index contributed by atoms with van der Waals surface area (Å²) >= 11 is 0. The third kappa shape index (κ3) is 1.19. The van der Waals surface area contributed by atoms with E-state index >= 15 is 0 Å². The summed E-state index contributed by atoms with van der Waals surface area (Å²) in [5.74, 6) is 0.683. The van der Waals surface area contributed by atoms with E-state index in [2.05, 4.69) is 5.32 Å². The Bertz CT molecular complexity index is 452. The largest absolute Gasteiger partial charge is 0.488 e. The molecule has 1 spiro atoms. The van der Waals surface area contributed by atoms with Gasteiger partial charge in [-0.1, -0.05) is 12.5 Å². The summed E-state index contributed by atoms with van der Waals surface area (Å²) in [5, 5.41) is 2.91. The van der Waals surface area contributed by atoms with Gasteiger partial charge in [0, 0.05) is 0 Å². The van der Waals surface area contributed by atoms with Crippen LogP contribution in [-0.4, -0.2) is 12.5 Å². The maximum absolute atomic E-state index is 12.1. The Balaban J connectivity index is 2.00. The van der Waals surface area contributed by atoms with Crippen molar-refractivity contribution in [2.45, 2.75) is 19.3 Å². The van der Waals surface area contributed by atoms with Crippen LogP contribution in [0.15, 0.2) is 18.2 Å². The van der Waals surface area contributed by atoms with Crippen molar-refractivity contribution in [1.82, 2.24) is 0 Å². The molecule has 1 fully saturated rings. The second-order valence-corrected chi connectivity index (χ2v) is 4.60. The Morgan fingerprint density at radius 1 is 1.38 bits per heavy atom. The van der Waals surface area contributed by atoms with E-state index in [-0.39, 0.29) is 11.3 Å². The van der Waals surface area contributed by atoms with Gasteiger partial charge in [-0.25, -0.2) is 0 Å². The topological polar surface area (TPSA) is 64.3 Å². The predicted octanol–water partition coefficient (Wildman–Crippen LogP) is 1.77. The fraction of sp³-hybridized carbons (Fsp3) is 0.417. The van der Waals surface area contributed by atoms with Crippen LogP contribution in [0.1, 0.15) is 19.3 Å². The first kappa shape index (κ1) is 9.51. The Morgan fingerprint density at radius 2 is 2.19 bits per heavy atom. The number of nitrogen functional groups attached to an aromatic ring is 1. The van der Waals surface area contributed by atoms with Gasteiger partial charge in [-0.2, -0.15) is 0 Å². The van der Waals surface area contributed by atoms with Crippen molar-refractivity contribution in [1.29, 1.82) is 0 Å². The zero-order valence-corrected chi connectivity index (χ0v) is 8.95. The van der Waals surface area contributed by atoms with Crippen molar-refractivity contribution in [3.8, 4) is 5.75 Å². The van der Waals surface area contributed by atoms with E-state index in [1.165, 1.54) is 0 Å². The lowest BCUT2D eigenvalue weighted by molar-refractivity contribution is -0.132. The molecule has 2 aliphatic rings. The van der Waals surface area contributed by atoms with Gasteiger partial charge in [-0.15, -0.1) is 0 Å². The average Bonchev–Trinajstić information content (AvgIpc) is 2.34. The number of nitrogens with two attached hydrogens (primary N) is 1. The Labute approximate surface area is 93.8 Å². The third-order valence-corrected chi connectivity index (χ3v) is 3.58. The van der Waals surface area contributed by atoms with E-state index in [1.54, 1.807) is 6.07 Å². The molecule has 0 saturated heterocycles. The number of nitrogens with one attached hydrogen (secondary N) is 1. The molecular weight excluding hydrogens is 204 g/mol. The highest BCUT2D eigenvalue weighted by Crippen LogP contribution is 2.46. The first-order valence-corrected chi connectivity index (χ1v) is 5.54. The van der Waals surface area contributed by atoms with Crippen LogP contribution in [0.3, 0.4) is 0 Å². The van der Waals surface area contributed by atoms with E-state index in [9.17, 15) is 4.79 Å². The van der Waals surface area contributed by atoms with Crippen molar-refractivity contribution >= 4 is 17.3 Å². The number of para-hydroxylation sites is 1. The summed E-state index contributed by atoms with van der Waals surface area (Å²) < 4.78 is 5.70. The number of carbonyl (C=O) groups is 1. The van der Waals surface area contributed by atoms with Crippen molar-refractivity contribution in [3.05, 3.63) is 18.2 Å². The number of benzene rings is 1. The number of amides is 1.